The predicted molar refractivity (Wildman–Crippen MR) is 78.6 cm³/mol. The molecule has 0 N–H and O–H groups in total. The maximum absolute atomic E-state index is 13.4. The molecule has 0 radical (unpaired) electrons. The molecule has 120 valence electrons. The van der Waals surface area contributed by atoms with Gasteiger partial charge in [0.1, 0.15) is 6.61 Å². The molecule has 2 aliphatic rings. The minimum Gasteiger partial charge on any atom is -0.445 e. The van der Waals surface area contributed by atoms with Crippen molar-refractivity contribution < 1.29 is 18.3 Å². The van der Waals surface area contributed by atoms with Crippen LogP contribution >= 0.6 is 0 Å². The highest BCUT2D eigenvalue weighted by atomic mass is 19.3. The molecule has 1 spiro atoms. The first-order valence-corrected chi connectivity index (χ1v) is 7.75. The summed E-state index contributed by atoms with van der Waals surface area (Å²) in [7, 11) is 1.70. The molecule has 2 fully saturated rings. The summed E-state index contributed by atoms with van der Waals surface area (Å²) >= 11 is 0. The standard InChI is InChI=1S/C17H21F2NO2/c1-20(15(21)22-11-13-5-3-2-4-6-13)14-7-9-16(10-8-14)12-17(16,18)19/h2-6,14H,7-12H2,1H3. The molecule has 3 rings (SSSR count). The van der Waals surface area contributed by atoms with Gasteiger partial charge in [-0.25, -0.2) is 13.6 Å². The normalized spacial score (nSPS) is 29.1. The van der Waals surface area contributed by atoms with E-state index in [4.69, 9.17) is 4.74 Å². The number of ether oxygens (including phenoxy) is 1. The zero-order valence-corrected chi connectivity index (χ0v) is 12.7. The van der Waals surface area contributed by atoms with Gasteiger partial charge in [0.2, 0.25) is 0 Å². The summed E-state index contributed by atoms with van der Waals surface area (Å²) in [5.41, 5.74) is 0.169. The van der Waals surface area contributed by atoms with E-state index in [0.29, 0.717) is 25.7 Å². The van der Waals surface area contributed by atoms with Gasteiger partial charge in [-0.3, -0.25) is 0 Å². The highest BCUT2D eigenvalue weighted by Crippen LogP contribution is 2.67. The molecule has 1 amide bonds. The van der Waals surface area contributed by atoms with Crippen molar-refractivity contribution in [2.24, 2.45) is 5.41 Å². The zero-order valence-electron chi connectivity index (χ0n) is 12.7. The molecule has 22 heavy (non-hydrogen) atoms. The van der Waals surface area contributed by atoms with E-state index in [1.165, 1.54) is 0 Å². The third-order valence-electron chi connectivity index (χ3n) is 5.16. The van der Waals surface area contributed by atoms with Crippen LogP contribution in [0.5, 0.6) is 0 Å². The van der Waals surface area contributed by atoms with Crippen LogP contribution in [0.4, 0.5) is 13.6 Å². The number of hydrogen-bond donors (Lipinski definition) is 0. The van der Waals surface area contributed by atoms with Gasteiger partial charge in [-0.05, 0) is 31.2 Å². The average molecular weight is 309 g/mol. The van der Waals surface area contributed by atoms with Crippen LogP contribution in [-0.4, -0.2) is 30.0 Å². The van der Waals surface area contributed by atoms with Crippen LogP contribution in [0.15, 0.2) is 30.3 Å². The van der Waals surface area contributed by atoms with Gasteiger partial charge in [-0.15, -0.1) is 0 Å². The summed E-state index contributed by atoms with van der Waals surface area (Å²) < 4.78 is 32.0. The Morgan fingerprint density at radius 1 is 1.27 bits per heavy atom. The highest BCUT2D eigenvalue weighted by Gasteiger charge is 2.70. The molecule has 0 aliphatic heterocycles. The van der Waals surface area contributed by atoms with Crippen LogP contribution in [0, 0.1) is 5.41 Å². The first-order chi connectivity index (χ1) is 10.4. The van der Waals surface area contributed by atoms with Gasteiger partial charge in [0, 0.05) is 24.9 Å². The average Bonchev–Trinajstić information content (AvgIpc) is 3.06. The van der Waals surface area contributed by atoms with Crippen molar-refractivity contribution in [3.05, 3.63) is 35.9 Å². The lowest BCUT2D eigenvalue weighted by atomic mass is 9.82. The maximum atomic E-state index is 13.4. The number of halogens is 2. The van der Waals surface area contributed by atoms with Crippen molar-refractivity contribution in [3.8, 4) is 0 Å². The Bertz CT molecular complexity index is 539. The molecule has 0 aromatic heterocycles. The molecule has 0 atom stereocenters. The lowest BCUT2D eigenvalue weighted by Gasteiger charge is -2.34. The van der Waals surface area contributed by atoms with E-state index in [9.17, 15) is 13.6 Å². The molecule has 2 saturated carbocycles. The van der Waals surface area contributed by atoms with Gasteiger partial charge >= 0.3 is 6.09 Å². The molecule has 5 heteroatoms. The number of alkyl halides is 2. The number of carbonyl (C=O) groups is 1. The molecular formula is C17H21F2NO2. The van der Waals surface area contributed by atoms with Crippen molar-refractivity contribution in [2.45, 2.75) is 50.7 Å². The number of hydrogen-bond acceptors (Lipinski definition) is 2. The summed E-state index contributed by atoms with van der Waals surface area (Å²) in [4.78, 5) is 13.6. The van der Waals surface area contributed by atoms with E-state index in [0.717, 1.165) is 5.56 Å². The van der Waals surface area contributed by atoms with Gasteiger partial charge in [0.25, 0.3) is 5.92 Å². The molecular weight excluding hydrogens is 288 g/mol. The second kappa shape index (κ2) is 5.52. The summed E-state index contributed by atoms with van der Waals surface area (Å²) in [5, 5.41) is 0. The highest BCUT2D eigenvalue weighted by molar-refractivity contribution is 5.67. The van der Waals surface area contributed by atoms with E-state index >= 15 is 0 Å². The van der Waals surface area contributed by atoms with E-state index < -0.39 is 11.3 Å². The Balaban J connectivity index is 1.48. The summed E-state index contributed by atoms with van der Waals surface area (Å²) in [6.07, 6.45) is 1.91. The maximum Gasteiger partial charge on any atom is 0.410 e. The Morgan fingerprint density at radius 3 is 2.41 bits per heavy atom. The smallest absolute Gasteiger partial charge is 0.410 e. The lowest BCUT2D eigenvalue weighted by molar-refractivity contribution is 0.0302. The fourth-order valence-electron chi connectivity index (χ4n) is 3.44. The monoisotopic (exact) mass is 309 g/mol. The topological polar surface area (TPSA) is 29.5 Å². The van der Waals surface area contributed by atoms with Gasteiger partial charge in [0.05, 0.1) is 0 Å². The quantitative estimate of drug-likeness (QED) is 0.836. The van der Waals surface area contributed by atoms with Gasteiger partial charge in [-0.2, -0.15) is 0 Å². The van der Waals surface area contributed by atoms with Crippen LogP contribution in [0.3, 0.4) is 0 Å². The Labute approximate surface area is 129 Å². The van der Waals surface area contributed by atoms with Crippen LogP contribution in [0.2, 0.25) is 0 Å². The number of benzene rings is 1. The third kappa shape index (κ3) is 2.81. The van der Waals surface area contributed by atoms with Gasteiger partial charge in [-0.1, -0.05) is 30.3 Å². The minimum absolute atomic E-state index is 0.00491. The zero-order chi connectivity index (χ0) is 15.8. The van der Waals surface area contributed by atoms with Crippen LogP contribution in [0.25, 0.3) is 0 Å². The third-order valence-corrected chi connectivity index (χ3v) is 5.16. The SMILES string of the molecule is CN(C(=O)OCc1ccccc1)C1CCC2(CC1)CC2(F)F. The molecule has 3 nitrogen and oxygen atoms in total. The largest absolute Gasteiger partial charge is 0.445 e. The van der Waals surface area contributed by atoms with Gasteiger partial charge in [0.15, 0.2) is 0 Å². The molecule has 0 bridgehead atoms. The van der Waals surface area contributed by atoms with Gasteiger partial charge < -0.3 is 9.64 Å². The van der Waals surface area contributed by atoms with Crippen LogP contribution in [0.1, 0.15) is 37.7 Å². The van der Waals surface area contributed by atoms with Crippen LogP contribution in [-0.2, 0) is 11.3 Å². The second-order valence-corrected chi connectivity index (χ2v) is 6.54. The fourth-order valence-corrected chi connectivity index (χ4v) is 3.44. The number of nitrogens with zero attached hydrogens (tertiary/aromatic N) is 1. The number of carbonyl (C=O) groups excluding carboxylic acids is 1. The van der Waals surface area contributed by atoms with E-state index in [1.54, 1.807) is 11.9 Å². The van der Waals surface area contributed by atoms with Crippen molar-refractivity contribution >= 4 is 6.09 Å². The van der Waals surface area contributed by atoms with Crippen molar-refractivity contribution in [3.63, 3.8) is 0 Å². The molecule has 0 heterocycles. The lowest BCUT2D eigenvalue weighted by Crippen LogP contribution is -2.40. The summed E-state index contributed by atoms with van der Waals surface area (Å²) in [6, 6.07) is 9.49. The molecule has 0 unspecified atom stereocenters. The summed E-state index contributed by atoms with van der Waals surface area (Å²) in [5.74, 6) is -2.48. The fraction of sp³-hybridized carbons (Fsp3) is 0.588. The first kappa shape index (κ1) is 15.3. The predicted octanol–water partition coefficient (Wildman–Crippen LogP) is 4.22. The van der Waals surface area contributed by atoms with Crippen molar-refractivity contribution in [1.82, 2.24) is 4.90 Å². The second-order valence-electron chi connectivity index (χ2n) is 6.54. The Hall–Kier alpha value is -1.65. The van der Waals surface area contributed by atoms with Crippen molar-refractivity contribution in [1.29, 1.82) is 0 Å². The molecule has 0 saturated heterocycles. The Morgan fingerprint density at radius 2 is 1.86 bits per heavy atom. The molecule has 1 aromatic carbocycles. The number of amides is 1. The van der Waals surface area contributed by atoms with E-state index in [2.05, 4.69) is 0 Å². The number of rotatable bonds is 3. The van der Waals surface area contributed by atoms with E-state index in [-0.39, 0.29) is 25.2 Å². The molecule has 1 aromatic rings. The summed E-state index contributed by atoms with van der Waals surface area (Å²) in [6.45, 7) is 0.235. The minimum atomic E-state index is -2.48. The first-order valence-electron chi connectivity index (χ1n) is 7.75. The Kier molecular flexibility index (Phi) is 3.83. The van der Waals surface area contributed by atoms with E-state index in [1.807, 2.05) is 30.3 Å². The molecule has 2 aliphatic carbocycles. The van der Waals surface area contributed by atoms with Crippen molar-refractivity contribution in [2.75, 3.05) is 7.05 Å². The van der Waals surface area contributed by atoms with Crippen LogP contribution < -0.4 is 0 Å².